The van der Waals surface area contributed by atoms with Crippen LogP contribution in [0.4, 0.5) is 0 Å². The molecule has 0 aliphatic carbocycles. The number of benzene rings is 1. The third kappa shape index (κ3) is 4.71. The zero-order chi connectivity index (χ0) is 12.9. The fourth-order valence-corrected chi connectivity index (χ4v) is 2.47. The minimum Gasteiger partial charge on any atom is -0.211 e. The first kappa shape index (κ1) is 13.9. The summed E-state index contributed by atoms with van der Waals surface area (Å²) in [5.74, 6) is 0. The summed E-state index contributed by atoms with van der Waals surface area (Å²) in [4.78, 5) is 0.318. The van der Waals surface area contributed by atoms with Crippen LogP contribution in [0.3, 0.4) is 0 Å². The quantitative estimate of drug-likeness (QED) is 0.626. The van der Waals surface area contributed by atoms with Crippen molar-refractivity contribution in [2.24, 2.45) is 0 Å². The van der Waals surface area contributed by atoms with E-state index in [4.69, 9.17) is 0 Å². The number of allylic oxidation sites excluding steroid dienone is 1. The standard InChI is InChI=1S/C13H19NO2S/c1-11(2)5-4-10-14-17(15,16)13-8-6-12(3)7-9-13/h6-9,14H,1,4-5,10H2,2-3H3. The summed E-state index contributed by atoms with van der Waals surface area (Å²) in [5.41, 5.74) is 2.12. The molecule has 0 aliphatic rings. The van der Waals surface area contributed by atoms with Crippen LogP contribution in [0.1, 0.15) is 25.3 Å². The van der Waals surface area contributed by atoms with Crippen LogP contribution in [0.2, 0.25) is 0 Å². The Kier molecular flexibility index (Phi) is 4.90. The van der Waals surface area contributed by atoms with Gasteiger partial charge in [0.2, 0.25) is 10.0 Å². The van der Waals surface area contributed by atoms with Gasteiger partial charge in [0.15, 0.2) is 0 Å². The average Bonchev–Trinajstić information content (AvgIpc) is 2.25. The van der Waals surface area contributed by atoms with Gasteiger partial charge in [0.05, 0.1) is 4.90 Å². The molecule has 0 bridgehead atoms. The van der Waals surface area contributed by atoms with Crippen LogP contribution in [0.25, 0.3) is 0 Å². The van der Waals surface area contributed by atoms with Crippen molar-refractivity contribution in [2.75, 3.05) is 6.54 Å². The molecular weight excluding hydrogens is 234 g/mol. The summed E-state index contributed by atoms with van der Waals surface area (Å²) in [7, 11) is -3.35. The average molecular weight is 253 g/mol. The first-order chi connectivity index (χ1) is 7.92. The van der Waals surface area contributed by atoms with E-state index in [1.54, 1.807) is 24.3 Å². The Morgan fingerprint density at radius 2 is 1.88 bits per heavy atom. The maximum absolute atomic E-state index is 11.9. The second-order valence-electron chi connectivity index (χ2n) is 4.27. The molecule has 3 nitrogen and oxygen atoms in total. The molecule has 0 radical (unpaired) electrons. The van der Waals surface area contributed by atoms with E-state index in [9.17, 15) is 8.42 Å². The highest BCUT2D eigenvalue weighted by Gasteiger charge is 2.12. The molecule has 94 valence electrons. The lowest BCUT2D eigenvalue weighted by Gasteiger charge is -2.06. The van der Waals surface area contributed by atoms with Gasteiger partial charge in [-0.25, -0.2) is 13.1 Å². The Morgan fingerprint density at radius 1 is 1.29 bits per heavy atom. The summed E-state index contributed by atoms with van der Waals surface area (Å²) in [5, 5.41) is 0. The molecule has 17 heavy (non-hydrogen) atoms. The van der Waals surface area contributed by atoms with Crippen molar-refractivity contribution in [1.82, 2.24) is 4.72 Å². The molecule has 0 heterocycles. The number of aryl methyl sites for hydroxylation is 1. The third-order valence-electron chi connectivity index (χ3n) is 2.40. The Morgan fingerprint density at radius 3 is 2.41 bits per heavy atom. The van der Waals surface area contributed by atoms with Gasteiger partial charge in [0.1, 0.15) is 0 Å². The van der Waals surface area contributed by atoms with Crippen LogP contribution in [-0.2, 0) is 10.0 Å². The van der Waals surface area contributed by atoms with E-state index in [0.29, 0.717) is 11.4 Å². The Bertz CT molecular complexity index is 475. The van der Waals surface area contributed by atoms with E-state index in [1.165, 1.54) is 0 Å². The Hall–Kier alpha value is -1.13. The predicted octanol–water partition coefficient (Wildman–Crippen LogP) is 2.63. The van der Waals surface area contributed by atoms with Crippen molar-refractivity contribution in [3.8, 4) is 0 Å². The smallest absolute Gasteiger partial charge is 0.211 e. The molecule has 0 spiro atoms. The molecule has 0 aromatic heterocycles. The highest BCUT2D eigenvalue weighted by atomic mass is 32.2. The first-order valence-electron chi connectivity index (χ1n) is 5.62. The van der Waals surface area contributed by atoms with E-state index in [2.05, 4.69) is 11.3 Å². The van der Waals surface area contributed by atoms with E-state index >= 15 is 0 Å². The van der Waals surface area contributed by atoms with E-state index in [1.807, 2.05) is 13.8 Å². The number of hydrogen-bond acceptors (Lipinski definition) is 2. The Labute approximate surface area is 104 Å². The maximum atomic E-state index is 11.9. The van der Waals surface area contributed by atoms with Crippen LogP contribution < -0.4 is 4.72 Å². The zero-order valence-electron chi connectivity index (χ0n) is 10.4. The van der Waals surface area contributed by atoms with Crippen LogP contribution in [0.5, 0.6) is 0 Å². The summed E-state index contributed by atoms with van der Waals surface area (Å²) in [6.45, 7) is 8.09. The van der Waals surface area contributed by atoms with Gasteiger partial charge in [-0.2, -0.15) is 0 Å². The number of rotatable bonds is 6. The molecule has 1 aromatic carbocycles. The van der Waals surface area contributed by atoms with Gasteiger partial charge >= 0.3 is 0 Å². The fraction of sp³-hybridized carbons (Fsp3) is 0.385. The molecule has 0 amide bonds. The van der Waals surface area contributed by atoms with Gasteiger partial charge in [0.25, 0.3) is 0 Å². The third-order valence-corrected chi connectivity index (χ3v) is 3.88. The van der Waals surface area contributed by atoms with E-state index < -0.39 is 10.0 Å². The van der Waals surface area contributed by atoms with Crippen LogP contribution >= 0.6 is 0 Å². The SMILES string of the molecule is C=C(C)CCCNS(=O)(=O)c1ccc(C)cc1. The highest BCUT2D eigenvalue weighted by molar-refractivity contribution is 7.89. The molecule has 0 saturated carbocycles. The second kappa shape index (κ2) is 5.98. The molecule has 0 fully saturated rings. The van der Waals surface area contributed by atoms with Crippen molar-refractivity contribution in [3.63, 3.8) is 0 Å². The van der Waals surface area contributed by atoms with Gasteiger partial charge in [-0.3, -0.25) is 0 Å². The van der Waals surface area contributed by atoms with Crippen LogP contribution in [-0.4, -0.2) is 15.0 Å². The van der Waals surface area contributed by atoms with Gasteiger partial charge < -0.3 is 0 Å². The molecule has 0 atom stereocenters. The minimum absolute atomic E-state index is 0.318. The van der Waals surface area contributed by atoms with Crippen molar-refractivity contribution < 1.29 is 8.42 Å². The normalized spacial score (nSPS) is 11.4. The second-order valence-corrected chi connectivity index (χ2v) is 6.04. The monoisotopic (exact) mass is 253 g/mol. The summed E-state index contributed by atoms with van der Waals surface area (Å²) >= 11 is 0. The highest BCUT2D eigenvalue weighted by Crippen LogP contribution is 2.10. The topological polar surface area (TPSA) is 46.2 Å². The van der Waals surface area contributed by atoms with Crippen LogP contribution in [0, 0.1) is 6.92 Å². The summed E-state index contributed by atoms with van der Waals surface area (Å²) < 4.78 is 26.3. The van der Waals surface area contributed by atoms with Crippen molar-refractivity contribution in [3.05, 3.63) is 42.0 Å². The molecule has 4 heteroatoms. The van der Waals surface area contributed by atoms with Gasteiger partial charge in [-0.1, -0.05) is 23.3 Å². The first-order valence-corrected chi connectivity index (χ1v) is 7.11. The van der Waals surface area contributed by atoms with Crippen molar-refractivity contribution >= 4 is 10.0 Å². The largest absolute Gasteiger partial charge is 0.240 e. The lowest BCUT2D eigenvalue weighted by Crippen LogP contribution is -2.24. The maximum Gasteiger partial charge on any atom is 0.240 e. The molecule has 0 saturated heterocycles. The van der Waals surface area contributed by atoms with E-state index in [-0.39, 0.29) is 0 Å². The van der Waals surface area contributed by atoms with Gasteiger partial charge in [-0.05, 0) is 38.8 Å². The molecule has 1 aromatic rings. The number of sulfonamides is 1. The van der Waals surface area contributed by atoms with E-state index in [0.717, 1.165) is 24.0 Å². The van der Waals surface area contributed by atoms with Crippen molar-refractivity contribution in [2.45, 2.75) is 31.6 Å². The molecule has 0 unspecified atom stereocenters. The molecular formula is C13H19NO2S. The van der Waals surface area contributed by atoms with Gasteiger partial charge in [0, 0.05) is 6.54 Å². The Balaban J connectivity index is 2.57. The van der Waals surface area contributed by atoms with Crippen molar-refractivity contribution in [1.29, 1.82) is 0 Å². The molecule has 1 N–H and O–H groups in total. The van der Waals surface area contributed by atoms with Crippen LogP contribution in [0.15, 0.2) is 41.3 Å². The molecule has 1 rings (SSSR count). The zero-order valence-corrected chi connectivity index (χ0v) is 11.2. The number of nitrogens with one attached hydrogen (secondary N) is 1. The summed E-state index contributed by atoms with van der Waals surface area (Å²) in [6.07, 6.45) is 1.62. The van der Waals surface area contributed by atoms with Gasteiger partial charge in [-0.15, -0.1) is 6.58 Å². The lowest BCUT2D eigenvalue weighted by atomic mass is 10.2. The lowest BCUT2D eigenvalue weighted by molar-refractivity contribution is 0.579. The summed E-state index contributed by atoms with van der Waals surface area (Å²) in [6, 6.07) is 6.83. The predicted molar refractivity (Wildman–Crippen MR) is 70.4 cm³/mol. The fourth-order valence-electron chi connectivity index (χ4n) is 1.40. The molecule has 0 aliphatic heterocycles. The minimum atomic E-state index is -3.35. The number of hydrogen-bond donors (Lipinski definition) is 1.